The van der Waals surface area contributed by atoms with Crippen molar-refractivity contribution in [3.63, 3.8) is 0 Å². The average Bonchev–Trinajstić information content (AvgIpc) is 2.83. The monoisotopic (exact) mass is 430 g/mol. The van der Waals surface area contributed by atoms with Crippen molar-refractivity contribution in [2.75, 3.05) is 41.0 Å². The summed E-state index contributed by atoms with van der Waals surface area (Å²) in [7, 11) is 11.1. The lowest BCUT2D eigenvalue weighted by Gasteiger charge is -2.29. The Balaban J connectivity index is 1.42. The third-order valence-electron chi connectivity index (χ3n) is 5.99. The van der Waals surface area contributed by atoms with E-state index in [1.807, 2.05) is 30.3 Å². The van der Waals surface area contributed by atoms with Crippen LogP contribution in [0.2, 0.25) is 0 Å². The Bertz CT molecular complexity index is 1150. The average molecular weight is 430 g/mol. The Morgan fingerprint density at radius 2 is 1.69 bits per heavy atom. The predicted molar refractivity (Wildman–Crippen MR) is 127 cm³/mol. The van der Waals surface area contributed by atoms with Crippen LogP contribution in [0.1, 0.15) is 21.5 Å². The van der Waals surface area contributed by atoms with Gasteiger partial charge in [-0.15, -0.1) is 0 Å². The summed E-state index contributed by atoms with van der Waals surface area (Å²) in [5, 5.41) is 4.72. The maximum atomic E-state index is 12.9. The molecule has 7 heteroatoms. The van der Waals surface area contributed by atoms with Gasteiger partial charge in [-0.1, -0.05) is 35.8 Å². The second-order valence-corrected chi connectivity index (χ2v) is 7.85. The number of nitrogens with one attached hydrogen (secondary N) is 1. The highest BCUT2D eigenvalue weighted by atomic mass is 16.5. The van der Waals surface area contributed by atoms with Gasteiger partial charge in [0.2, 0.25) is 0 Å². The van der Waals surface area contributed by atoms with Gasteiger partial charge in [0.15, 0.2) is 11.5 Å². The zero-order chi connectivity index (χ0) is 22.7. The van der Waals surface area contributed by atoms with Gasteiger partial charge in [-0.2, -0.15) is 0 Å². The van der Waals surface area contributed by atoms with Crippen LogP contribution in [0.5, 0.6) is 17.2 Å². The number of nitrogens with zero attached hydrogens (tertiary/aromatic N) is 1. The Kier molecular flexibility index (Phi) is 6.56. The summed E-state index contributed by atoms with van der Waals surface area (Å²) in [5.41, 5.74) is 3.51. The molecule has 164 valence electrons. The zero-order valence-electron chi connectivity index (χ0n) is 18.7. The highest BCUT2D eigenvalue weighted by molar-refractivity contribution is 6.39. The molecule has 0 atom stereocenters. The summed E-state index contributed by atoms with van der Waals surface area (Å²) in [6, 6.07) is 13.5. The molecule has 0 aliphatic carbocycles. The van der Waals surface area contributed by atoms with E-state index in [0.29, 0.717) is 23.3 Å². The molecule has 1 aliphatic rings. The van der Waals surface area contributed by atoms with E-state index in [9.17, 15) is 4.79 Å². The molecule has 0 aromatic heterocycles. The summed E-state index contributed by atoms with van der Waals surface area (Å²) in [4.78, 5) is 15.2. The Morgan fingerprint density at radius 3 is 2.38 bits per heavy atom. The number of benzene rings is 3. The Hall–Kier alpha value is -3.19. The smallest absolute Gasteiger partial charge is 0.255 e. The number of hydrogen-bond acceptors (Lipinski definition) is 5. The molecule has 1 aliphatic heterocycles. The van der Waals surface area contributed by atoms with Gasteiger partial charge in [-0.3, -0.25) is 9.69 Å². The molecular formula is C25H27BN2O4. The van der Waals surface area contributed by atoms with Gasteiger partial charge >= 0.3 is 0 Å². The number of fused-ring (bicyclic) bond motifs is 2. The molecule has 32 heavy (non-hydrogen) atoms. The van der Waals surface area contributed by atoms with Crippen LogP contribution in [0.4, 0.5) is 0 Å². The second-order valence-electron chi connectivity index (χ2n) is 7.85. The SMILES string of the molecule is [B]c1cc(C(=O)NCCN2CCc3cc(OC)c(OC)cc3C2)c(OC)c2ccccc12. The van der Waals surface area contributed by atoms with E-state index in [0.717, 1.165) is 48.3 Å². The number of rotatable bonds is 7. The number of carbonyl (C=O) groups excluding carboxylic acids is 1. The van der Waals surface area contributed by atoms with E-state index < -0.39 is 0 Å². The number of carbonyl (C=O) groups is 1. The topological polar surface area (TPSA) is 60.0 Å². The van der Waals surface area contributed by atoms with Crippen LogP contribution in [0, 0.1) is 0 Å². The molecule has 1 N–H and O–H groups in total. The number of ether oxygens (including phenoxy) is 3. The molecule has 6 nitrogen and oxygen atoms in total. The first-order chi connectivity index (χ1) is 15.5. The fourth-order valence-electron chi connectivity index (χ4n) is 4.32. The molecule has 0 bridgehead atoms. The van der Waals surface area contributed by atoms with Crippen molar-refractivity contribution in [1.82, 2.24) is 10.2 Å². The second kappa shape index (κ2) is 9.53. The normalized spacial score (nSPS) is 13.5. The third kappa shape index (κ3) is 4.25. The summed E-state index contributed by atoms with van der Waals surface area (Å²) >= 11 is 0. The van der Waals surface area contributed by atoms with E-state index in [1.54, 1.807) is 27.4 Å². The Labute approximate surface area is 189 Å². The number of methoxy groups -OCH3 is 3. The highest BCUT2D eigenvalue weighted by Gasteiger charge is 2.20. The van der Waals surface area contributed by atoms with E-state index >= 15 is 0 Å². The van der Waals surface area contributed by atoms with Crippen molar-refractivity contribution in [3.05, 3.63) is 59.2 Å². The maximum Gasteiger partial charge on any atom is 0.255 e. The molecule has 0 saturated heterocycles. The molecule has 4 rings (SSSR count). The van der Waals surface area contributed by atoms with E-state index in [-0.39, 0.29) is 5.91 Å². The van der Waals surface area contributed by atoms with Gasteiger partial charge < -0.3 is 19.5 Å². The fourth-order valence-corrected chi connectivity index (χ4v) is 4.32. The van der Waals surface area contributed by atoms with Crippen LogP contribution in [0.3, 0.4) is 0 Å². The molecule has 0 saturated carbocycles. The predicted octanol–water partition coefficient (Wildman–Crippen LogP) is 2.45. The first-order valence-corrected chi connectivity index (χ1v) is 10.6. The van der Waals surface area contributed by atoms with Crippen molar-refractivity contribution >= 4 is 30.0 Å². The molecule has 1 heterocycles. The lowest BCUT2D eigenvalue weighted by Crippen LogP contribution is -2.38. The zero-order valence-corrected chi connectivity index (χ0v) is 18.7. The van der Waals surface area contributed by atoms with E-state index in [2.05, 4.69) is 16.3 Å². The highest BCUT2D eigenvalue weighted by Crippen LogP contribution is 2.33. The van der Waals surface area contributed by atoms with Crippen molar-refractivity contribution in [2.45, 2.75) is 13.0 Å². The summed E-state index contributed by atoms with van der Waals surface area (Å²) in [6.45, 7) is 2.99. The molecule has 3 aromatic carbocycles. The van der Waals surface area contributed by atoms with Gasteiger partial charge in [0.1, 0.15) is 13.6 Å². The van der Waals surface area contributed by atoms with Gasteiger partial charge in [0.25, 0.3) is 5.91 Å². The van der Waals surface area contributed by atoms with E-state index in [1.165, 1.54) is 11.1 Å². The first-order valence-electron chi connectivity index (χ1n) is 10.6. The number of hydrogen-bond donors (Lipinski definition) is 1. The van der Waals surface area contributed by atoms with Crippen molar-refractivity contribution in [1.29, 1.82) is 0 Å². The minimum atomic E-state index is -0.192. The van der Waals surface area contributed by atoms with Crippen LogP contribution < -0.4 is 25.0 Å². The molecular weight excluding hydrogens is 403 g/mol. The van der Waals surface area contributed by atoms with Gasteiger partial charge in [0, 0.05) is 31.6 Å². The molecule has 2 radical (unpaired) electrons. The Morgan fingerprint density at radius 1 is 1.00 bits per heavy atom. The largest absolute Gasteiger partial charge is 0.495 e. The molecule has 0 unspecified atom stereocenters. The minimum Gasteiger partial charge on any atom is -0.495 e. The molecule has 1 amide bonds. The molecule has 0 fully saturated rings. The van der Waals surface area contributed by atoms with Gasteiger partial charge in [0.05, 0.1) is 26.9 Å². The quantitative estimate of drug-likeness (QED) is 0.584. The van der Waals surface area contributed by atoms with E-state index in [4.69, 9.17) is 22.1 Å². The summed E-state index contributed by atoms with van der Waals surface area (Å²) in [6.07, 6.45) is 0.929. The van der Waals surface area contributed by atoms with Crippen molar-refractivity contribution < 1.29 is 19.0 Å². The van der Waals surface area contributed by atoms with Crippen LogP contribution in [-0.4, -0.2) is 59.6 Å². The molecule has 3 aromatic rings. The van der Waals surface area contributed by atoms with Crippen molar-refractivity contribution in [2.24, 2.45) is 0 Å². The summed E-state index contributed by atoms with van der Waals surface area (Å²) < 4.78 is 16.4. The van der Waals surface area contributed by atoms with Crippen LogP contribution in [0.25, 0.3) is 10.8 Å². The van der Waals surface area contributed by atoms with Gasteiger partial charge in [-0.25, -0.2) is 0 Å². The van der Waals surface area contributed by atoms with Crippen LogP contribution >= 0.6 is 0 Å². The third-order valence-corrected chi connectivity index (χ3v) is 5.99. The first kappa shape index (κ1) is 22.0. The van der Waals surface area contributed by atoms with Crippen molar-refractivity contribution in [3.8, 4) is 17.2 Å². The summed E-state index contributed by atoms with van der Waals surface area (Å²) in [5.74, 6) is 1.85. The van der Waals surface area contributed by atoms with Gasteiger partial charge in [-0.05, 0) is 35.1 Å². The fraction of sp³-hybridized carbons (Fsp3) is 0.320. The minimum absolute atomic E-state index is 0.192. The standard InChI is InChI=1S/C25H27BN2O4/c1-30-22-12-16-8-10-28(15-17(16)13-23(22)31-2)11-9-27-25(29)20-14-21(26)18-6-4-5-7-19(18)24(20)32-3/h4-7,12-14H,8-11,15H2,1-3H3,(H,27,29). The lowest BCUT2D eigenvalue weighted by molar-refractivity contribution is 0.0944. The van der Waals surface area contributed by atoms with Crippen LogP contribution in [-0.2, 0) is 13.0 Å². The number of amides is 1. The maximum absolute atomic E-state index is 12.9. The van der Waals surface area contributed by atoms with Crippen LogP contribution in [0.15, 0.2) is 42.5 Å². The lowest BCUT2D eigenvalue weighted by atomic mass is 9.87. The molecule has 0 spiro atoms.